The highest BCUT2D eigenvalue weighted by atomic mass is 16.5. The van der Waals surface area contributed by atoms with Gasteiger partial charge in [-0.1, -0.05) is 26.2 Å². The Morgan fingerprint density at radius 2 is 2.17 bits per heavy atom. The fraction of sp³-hybridized carbons (Fsp3) is 0.929. The molecule has 4 nitrogen and oxygen atoms in total. The van der Waals surface area contributed by atoms with E-state index in [1.165, 1.54) is 19.3 Å². The highest BCUT2D eigenvalue weighted by Crippen LogP contribution is 2.35. The molecule has 2 rings (SSSR count). The molecule has 2 aliphatic carbocycles. The number of nitrogens with two attached hydrogens (primary N) is 1. The van der Waals surface area contributed by atoms with Crippen molar-refractivity contribution in [3.8, 4) is 0 Å². The van der Waals surface area contributed by atoms with Gasteiger partial charge in [0.15, 0.2) is 0 Å². The number of rotatable bonds is 4. The molecule has 0 amide bonds. The maximum atomic E-state index is 11.1. The van der Waals surface area contributed by atoms with Crippen molar-refractivity contribution >= 4 is 5.97 Å². The summed E-state index contributed by atoms with van der Waals surface area (Å²) in [6.07, 6.45) is 8.20. The summed E-state index contributed by atoms with van der Waals surface area (Å²) in [5.74, 6) is -0.101. The van der Waals surface area contributed by atoms with Crippen LogP contribution in [0.3, 0.4) is 0 Å². The first kappa shape index (κ1) is 13.8. The number of carbonyl (C=O) groups is 1. The van der Waals surface area contributed by atoms with Crippen LogP contribution < -0.4 is 5.73 Å². The van der Waals surface area contributed by atoms with Gasteiger partial charge in [-0.25, -0.2) is 0 Å². The molecule has 0 heterocycles. The first-order valence-corrected chi connectivity index (χ1v) is 7.21. The second kappa shape index (κ2) is 5.57. The monoisotopic (exact) mass is 255 g/mol. The van der Waals surface area contributed by atoms with Crippen LogP contribution in [-0.4, -0.2) is 28.8 Å². The van der Waals surface area contributed by atoms with Crippen molar-refractivity contribution in [2.24, 2.45) is 11.7 Å². The summed E-state index contributed by atoms with van der Waals surface area (Å²) in [5.41, 5.74) is 4.82. The molecule has 4 heteroatoms. The molecule has 0 bridgehead atoms. The average Bonchev–Trinajstić information content (AvgIpc) is 2.72. The lowest BCUT2D eigenvalue weighted by atomic mass is 9.85. The van der Waals surface area contributed by atoms with Crippen LogP contribution in [0.5, 0.6) is 0 Å². The quantitative estimate of drug-likeness (QED) is 0.808. The van der Waals surface area contributed by atoms with E-state index >= 15 is 0 Å². The summed E-state index contributed by atoms with van der Waals surface area (Å²) < 4.78 is 6.09. The highest BCUT2D eigenvalue weighted by molar-refractivity contribution is 5.78. The number of hydrogen-bond acceptors (Lipinski definition) is 3. The van der Waals surface area contributed by atoms with Gasteiger partial charge in [0.1, 0.15) is 5.54 Å². The van der Waals surface area contributed by atoms with E-state index < -0.39 is 11.5 Å². The van der Waals surface area contributed by atoms with E-state index in [1.54, 1.807) is 0 Å². The Morgan fingerprint density at radius 3 is 2.78 bits per heavy atom. The van der Waals surface area contributed by atoms with Crippen molar-refractivity contribution in [2.75, 3.05) is 0 Å². The molecule has 4 unspecified atom stereocenters. The third-order valence-electron chi connectivity index (χ3n) is 4.63. The molecule has 0 spiro atoms. The van der Waals surface area contributed by atoms with Gasteiger partial charge >= 0.3 is 5.97 Å². The number of aliphatic carboxylic acids is 1. The molecule has 0 radical (unpaired) electrons. The molecular formula is C14H25NO3. The van der Waals surface area contributed by atoms with Gasteiger partial charge in [0.05, 0.1) is 12.2 Å². The summed E-state index contributed by atoms with van der Waals surface area (Å²) in [5, 5.41) is 9.10. The third-order valence-corrected chi connectivity index (χ3v) is 4.63. The molecule has 0 aromatic rings. The Kier molecular flexibility index (Phi) is 4.28. The van der Waals surface area contributed by atoms with E-state index in [4.69, 9.17) is 15.6 Å². The van der Waals surface area contributed by atoms with Gasteiger partial charge in [-0.15, -0.1) is 0 Å². The number of carboxylic acid groups (broad SMARTS) is 1. The molecule has 2 saturated carbocycles. The minimum absolute atomic E-state index is 0.0479. The van der Waals surface area contributed by atoms with Gasteiger partial charge in [0, 0.05) is 6.42 Å². The van der Waals surface area contributed by atoms with Gasteiger partial charge in [-0.2, -0.15) is 0 Å². The Balaban J connectivity index is 1.82. The first-order chi connectivity index (χ1) is 8.53. The van der Waals surface area contributed by atoms with E-state index in [1.807, 2.05) is 0 Å². The van der Waals surface area contributed by atoms with Crippen molar-refractivity contribution < 1.29 is 14.6 Å². The average molecular weight is 255 g/mol. The second-order valence-corrected chi connectivity index (χ2v) is 6.03. The van der Waals surface area contributed by atoms with Crippen LogP contribution in [0.1, 0.15) is 58.3 Å². The van der Waals surface area contributed by atoms with Crippen LogP contribution in [0, 0.1) is 5.92 Å². The highest BCUT2D eigenvalue weighted by Gasteiger charge is 2.43. The molecule has 104 valence electrons. The minimum Gasteiger partial charge on any atom is -0.480 e. The van der Waals surface area contributed by atoms with E-state index in [-0.39, 0.29) is 6.10 Å². The molecule has 2 fully saturated rings. The van der Waals surface area contributed by atoms with Crippen molar-refractivity contribution in [1.82, 2.24) is 0 Å². The lowest BCUT2D eigenvalue weighted by Crippen LogP contribution is -2.46. The van der Waals surface area contributed by atoms with Gasteiger partial charge in [-0.05, 0) is 31.6 Å². The Morgan fingerprint density at radius 1 is 1.39 bits per heavy atom. The topological polar surface area (TPSA) is 72.5 Å². The SMILES string of the molecule is CCC1CCCC(OC2CCC(N)(C(=O)O)C2)C1. The zero-order chi connectivity index (χ0) is 13.2. The summed E-state index contributed by atoms with van der Waals surface area (Å²) in [6.45, 7) is 2.23. The Hall–Kier alpha value is -0.610. The molecule has 3 N–H and O–H groups in total. The molecule has 2 aliphatic rings. The van der Waals surface area contributed by atoms with E-state index in [2.05, 4.69) is 6.92 Å². The van der Waals surface area contributed by atoms with Crippen molar-refractivity contribution in [3.05, 3.63) is 0 Å². The molecule has 4 atom stereocenters. The maximum absolute atomic E-state index is 11.1. The van der Waals surface area contributed by atoms with Crippen LogP contribution in [0.2, 0.25) is 0 Å². The van der Waals surface area contributed by atoms with Crippen molar-refractivity contribution in [3.63, 3.8) is 0 Å². The van der Waals surface area contributed by atoms with Crippen LogP contribution >= 0.6 is 0 Å². The molecule has 0 aromatic heterocycles. The lowest BCUT2D eigenvalue weighted by molar-refractivity contribution is -0.143. The number of ether oxygens (including phenoxy) is 1. The Labute approximate surface area is 109 Å². The zero-order valence-corrected chi connectivity index (χ0v) is 11.2. The van der Waals surface area contributed by atoms with E-state index in [0.717, 1.165) is 25.2 Å². The largest absolute Gasteiger partial charge is 0.480 e. The fourth-order valence-electron chi connectivity index (χ4n) is 3.35. The normalized spacial score (nSPS) is 40.9. The fourth-order valence-corrected chi connectivity index (χ4v) is 3.35. The van der Waals surface area contributed by atoms with Crippen molar-refractivity contribution in [2.45, 2.75) is 76.0 Å². The molecule has 18 heavy (non-hydrogen) atoms. The first-order valence-electron chi connectivity index (χ1n) is 7.21. The van der Waals surface area contributed by atoms with Crippen molar-refractivity contribution in [1.29, 1.82) is 0 Å². The van der Waals surface area contributed by atoms with Gasteiger partial charge < -0.3 is 15.6 Å². The second-order valence-electron chi connectivity index (χ2n) is 6.03. The summed E-state index contributed by atoms with van der Waals surface area (Å²) in [4.78, 5) is 11.1. The molecule has 0 saturated heterocycles. The smallest absolute Gasteiger partial charge is 0.323 e. The van der Waals surface area contributed by atoms with E-state index in [9.17, 15) is 4.79 Å². The van der Waals surface area contributed by atoms with Crippen LogP contribution in [0.4, 0.5) is 0 Å². The predicted molar refractivity (Wildman–Crippen MR) is 69.3 cm³/mol. The standard InChI is InChI=1S/C14H25NO3/c1-2-10-4-3-5-11(8-10)18-12-6-7-14(15,9-12)13(16)17/h10-12H,2-9,15H2,1H3,(H,16,17). The minimum atomic E-state index is -1.05. The Bertz CT molecular complexity index is 307. The number of hydrogen-bond donors (Lipinski definition) is 2. The lowest BCUT2D eigenvalue weighted by Gasteiger charge is -2.31. The summed E-state index contributed by atoms with van der Waals surface area (Å²) in [7, 11) is 0. The van der Waals surface area contributed by atoms with E-state index in [0.29, 0.717) is 18.9 Å². The molecule has 0 aromatic carbocycles. The third kappa shape index (κ3) is 3.04. The molecule has 0 aliphatic heterocycles. The van der Waals surface area contributed by atoms with Crippen LogP contribution in [0.15, 0.2) is 0 Å². The zero-order valence-electron chi connectivity index (χ0n) is 11.2. The maximum Gasteiger partial charge on any atom is 0.323 e. The summed E-state index contributed by atoms with van der Waals surface area (Å²) >= 11 is 0. The number of carboxylic acids is 1. The van der Waals surface area contributed by atoms with Gasteiger partial charge in [0.2, 0.25) is 0 Å². The van der Waals surface area contributed by atoms with Crippen LogP contribution in [-0.2, 0) is 9.53 Å². The summed E-state index contributed by atoms with van der Waals surface area (Å²) in [6, 6.07) is 0. The van der Waals surface area contributed by atoms with Gasteiger partial charge in [0.25, 0.3) is 0 Å². The predicted octanol–water partition coefficient (Wildman–Crippen LogP) is 2.31. The molecular weight excluding hydrogens is 230 g/mol. The van der Waals surface area contributed by atoms with Gasteiger partial charge in [-0.3, -0.25) is 4.79 Å². The van der Waals surface area contributed by atoms with Crippen LogP contribution in [0.25, 0.3) is 0 Å².